The summed E-state index contributed by atoms with van der Waals surface area (Å²) in [4.78, 5) is 11.9. The Hall–Kier alpha value is -1.73. The van der Waals surface area contributed by atoms with Crippen LogP contribution in [0, 0.1) is 0 Å². The number of rotatable bonds is 5. The SMILES string of the molecule is CSc1ccc(NCC(O)c2n[nH]c(=O)o2)cc1. The van der Waals surface area contributed by atoms with Gasteiger partial charge in [0.1, 0.15) is 6.10 Å². The summed E-state index contributed by atoms with van der Waals surface area (Å²) >= 11 is 1.66. The molecule has 1 heterocycles. The van der Waals surface area contributed by atoms with E-state index in [0.29, 0.717) is 0 Å². The van der Waals surface area contributed by atoms with E-state index in [1.165, 1.54) is 4.90 Å². The first-order valence-corrected chi connectivity index (χ1v) is 6.53. The van der Waals surface area contributed by atoms with Crippen LogP contribution < -0.4 is 11.1 Å². The van der Waals surface area contributed by atoms with Crippen molar-refractivity contribution in [2.45, 2.75) is 11.0 Å². The summed E-state index contributed by atoms with van der Waals surface area (Å²) in [5.41, 5.74) is 0.879. The van der Waals surface area contributed by atoms with Gasteiger partial charge in [-0.2, -0.15) is 0 Å². The van der Waals surface area contributed by atoms with Gasteiger partial charge in [0.15, 0.2) is 0 Å². The zero-order valence-electron chi connectivity index (χ0n) is 9.71. The van der Waals surface area contributed by atoms with Crippen LogP contribution in [0.25, 0.3) is 0 Å². The lowest BCUT2D eigenvalue weighted by atomic mass is 10.3. The van der Waals surface area contributed by atoms with Crippen LogP contribution >= 0.6 is 11.8 Å². The van der Waals surface area contributed by atoms with Crippen molar-refractivity contribution < 1.29 is 9.52 Å². The molecule has 0 bridgehead atoms. The number of hydrogen-bond donors (Lipinski definition) is 3. The molecular weight excluding hydrogens is 254 g/mol. The molecule has 0 radical (unpaired) electrons. The largest absolute Gasteiger partial charge is 0.434 e. The molecule has 2 aromatic rings. The molecule has 1 unspecified atom stereocenters. The zero-order valence-corrected chi connectivity index (χ0v) is 10.5. The highest BCUT2D eigenvalue weighted by Crippen LogP contribution is 2.18. The minimum Gasteiger partial charge on any atom is -0.390 e. The van der Waals surface area contributed by atoms with Crippen molar-refractivity contribution in [2.24, 2.45) is 0 Å². The van der Waals surface area contributed by atoms with E-state index in [9.17, 15) is 9.90 Å². The van der Waals surface area contributed by atoms with Gasteiger partial charge in [-0.05, 0) is 30.5 Å². The molecule has 0 saturated heterocycles. The van der Waals surface area contributed by atoms with Crippen LogP contribution in [0.2, 0.25) is 0 Å². The van der Waals surface area contributed by atoms with Crippen molar-refractivity contribution in [1.82, 2.24) is 10.2 Å². The Labute approximate surface area is 107 Å². The number of H-pyrrole nitrogens is 1. The summed E-state index contributed by atoms with van der Waals surface area (Å²) in [5.74, 6) is -0.693. The Morgan fingerprint density at radius 3 is 2.78 bits per heavy atom. The molecule has 0 fully saturated rings. The first-order chi connectivity index (χ1) is 8.69. The minimum absolute atomic E-state index is 0.0202. The fraction of sp³-hybridized carbons (Fsp3) is 0.273. The molecule has 0 aliphatic carbocycles. The van der Waals surface area contributed by atoms with Crippen molar-refractivity contribution in [3.63, 3.8) is 0 Å². The number of aliphatic hydroxyl groups is 1. The lowest BCUT2D eigenvalue weighted by Crippen LogP contribution is -2.12. The third kappa shape index (κ3) is 3.14. The predicted molar refractivity (Wildman–Crippen MR) is 68.8 cm³/mol. The quantitative estimate of drug-likeness (QED) is 0.706. The number of nitrogens with zero attached hydrogens (tertiary/aromatic N) is 1. The molecule has 1 atom stereocenters. The number of thioether (sulfide) groups is 1. The molecular formula is C11H13N3O3S. The Balaban J connectivity index is 1.92. The van der Waals surface area contributed by atoms with Crippen LogP contribution in [-0.2, 0) is 0 Å². The van der Waals surface area contributed by atoms with Gasteiger partial charge >= 0.3 is 5.76 Å². The molecule has 7 heteroatoms. The van der Waals surface area contributed by atoms with Crippen molar-refractivity contribution in [1.29, 1.82) is 0 Å². The van der Waals surface area contributed by atoms with E-state index in [1.54, 1.807) is 11.8 Å². The highest BCUT2D eigenvalue weighted by Gasteiger charge is 2.13. The maximum atomic E-state index is 10.7. The van der Waals surface area contributed by atoms with Crippen LogP contribution in [0.5, 0.6) is 0 Å². The molecule has 0 aliphatic rings. The highest BCUT2D eigenvalue weighted by molar-refractivity contribution is 7.98. The average molecular weight is 267 g/mol. The fourth-order valence-corrected chi connectivity index (χ4v) is 1.80. The summed E-state index contributed by atoms with van der Waals surface area (Å²) in [5, 5.41) is 18.4. The van der Waals surface area contributed by atoms with E-state index in [0.717, 1.165) is 5.69 Å². The summed E-state index contributed by atoms with van der Waals surface area (Å²) in [6, 6.07) is 7.79. The average Bonchev–Trinajstić information content (AvgIpc) is 2.83. The fourth-order valence-electron chi connectivity index (χ4n) is 1.39. The maximum absolute atomic E-state index is 10.7. The number of benzene rings is 1. The molecule has 1 aromatic heterocycles. The van der Waals surface area contributed by atoms with Gasteiger partial charge in [0, 0.05) is 17.1 Å². The van der Waals surface area contributed by atoms with Gasteiger partial charge in [-0.3, -0.25) is 0 Å². The van der Waals surface area contributed by atoms with Gasteiger partial charge in [0.25, 0.3) is 0 Å². The van der Waals surface area contributed by atoms with Gasteiger partial charge in [-0.15, -0.1) is 16.9 Å². The van der Waals surface area contributed by atoms with Crippen molar-refractivity contribution >= 4 is 17.4 Å². The number of aliphatic hydroxyl groups excluding tert-OH is 1. The van der Waals surface area contributed by atoms with Gasteiger partial charge < -0.3 is 14.8 Å². The maximum Gasteiger partial charge on any atom is 0.434 e. The Bertz CT molecular complexity index is 549. The molecule has 18 heavy (non-hydrogen) atoms. The van der Waals surface area contributed by atoms with E-state index in [4.69, 9.17) is 0 Å². The zero-order chi connectivity index (χ0) is 13.0. The van der Waals surface area contributed by atoms with E-state index in [-0.39, 0.29) is 12.4 Å². The van der Waals surface area contributed by atoms with Gasteiger partial charge in [-0.1, -0.05) is 0 Å². The number of anilines is 1. The summed E-state index contributed by atoms with van der Waals surface area (Å²) in [6.45, 7) is 0.215. The van der Waals surface area contributed by atoms with Gasteiger partial charge in [0.05, 0.1) is 0 Å². The molecule has 2 rings (SSSR count). The van der Waals surface area contributed by atoms with E-state index in [2.05, 4.69) is 19.9 Å². The van der Waals surface area contributed by atoms with E-state index >= 15 is 0 Å². The van der Waals surface area contributed by atoms with Gasteiger partial charge in [-0.25, -0.2) is 9.89 Å². The van der Waals surface area contributed by atoms with Crippen LogP contribution in [0.3, 0.4) is 0 Å². The summed E-state index contributed by atoms with van der Waals surface area (Å²) < 4.78 is 4.65. The minimum atomic E-state index is -0.968. The second kappa shape index (κ2) is 5.74. The topological polar surface area (TPSA) is 91.1 Å². The molecule has 96 valence electrons. The number of aromatic amines is 1. The molecule has 0 saturated carbocycles. The normalized spacial score (nSPS) is 12.3. The highest BCUT2D eigenvalue weighted by atomic mass is 32.2. The molecule has 0 aliphatic heterocycles. The molecule has 6 nitrogen and oxygen atoms in total. The standard InChI is InChI=1S/C11H13N3O3S/c1-18-8-4-2-7(3-5-8)12-6-9(15)10-13-14-11(16)17-10/h2-5,9,12,15H,6H2,1H3,(H,14,16). The predicted octanol–water partition coefficient (Wildman–Crippen LogP) is 1.23. The lowest BCUT2D eigenvalue weighted by molar-refractivity contribution is 0.154. The van der Waals surface area contributed by atoms with Crippen molar-refractivity contribution in [3.05, 3.63) is 40.7 Å². The van der Waals surface area contributed by atoms with Crippen LogP contribution in [0.15, 0.2) is 38.4 Å². The second-order valence-electron chi connectivity index (χ2n) is 3.58. The first kappa shape index (κ1) is 12.7. The second-order valence-corrected chi connectivity index (χ2v) is 4.46. The van der Waals surface area contributed by atoms with Crippen molar-refractivity contribution in [2.75, 3.05) is 18.1 Å². The molecule has 0 spiro atoms. The number of aromatic nitrogens is 2. The summed E-state index contributed by atoms with van der Waals surface area (Å²) in [6.07, 6.45) is 1.04. The van der Waals surface area contributed by atoms with Crippen LogP contribution in [0.1, 0.15) is 12.0 Å². The number of nitrogens with one attached hydrogen (secondary N) is 2. The van der Waals surface area contributed by atoms with E-state index in [1.807, 2.05) is 30.5 Å². The lowest BCUT2D eigenvalue weighted by Gasteiger charge is -2.09. The third-order valence-corrected chi connectivity index (χ3v) is 3.07. The Morgan fingerprint density at radius 1 is 1.50 bits per heavy atom. The number of hydrogen-bond acceptors (Lipinski definition) is 6. The molecule has 1 aromatic carbocycles. The first-order valence-electron chi connectivity index (χ1n) is 5.30. The van der Waals surface area contributed by atoms with E-state index < -0.39 is 11.9 Å². The monoisotopic (exact) mass is 267 g/mol. The molecule has 3 N–H and O–H groups in total. The Kier molecular flexibility index (Phi) is 4.06. The van der Waals surface area contributed by atoms with Gasteiger partial charge in [0.2, 0.25) is 5.89 Å². The smallest absolute Gasteiger partial charge is 0.390 e. The third-order valence-electron chi connectivity index (χ3n) is 2.33. The van der Waals surface area contributed by atoms with Crippen LogP contribution in [-0.4, -0.2) is 28.1 Å². The Morgan fingerprint density at radius 2 is 2.22 bits per heavy atom. The van der Waals surface area contributed by atoms with Crippen LogP contribution in [0.4, 0.5) is 5.69 Å². The van der Waals surface area contributed by atoms with Crippen molar-refractivity contribution in [3.8, 4) is 0 Å². The summed E-state index contributed by atoms with van der Waals surface area (Å²) in [7, 11) is 0. The molecule has 0 amide bonds.